The summed E-state index contributed by atoms with van der Waals surface area (Å²) in [4.78, 5) is 11.2. The number of aliphatic carboxylic acids is 1. The Balaban J connectivity index is 2.88. The molecule has 0 fully saturated rings. The highest BCUT2D eigenvalue weighted by molar-refractivity contribution is 5.73. The predicted molar refractivity (Wildman–Crippen MR) is 75.8 cm³/mol. The number of ether oxygens (including phenoxy) is 1. The summed E-state index contributed by atoms with van der Waals surface area (Å²) in [6, 6.07) is 4.22. The van der Waals surface area contributed by atoms with E-state index in [0.717, 1.165) is 16.7 Å². The molecule has 0 saturated heterocycles. The molecule has 0 saturated carbocycles. The van der Waals surface area contributed by atoms with Gasteiger partial charge in [-0.3, -0.25) is 0 Å². The lowest BCUT2D eigenvalue weighted by molar-refractivity contribution is -0.144. The van der Waals surface area contributed by atoms with Crippen molar-refractivity contribution >= 4 is 5.97 Å². The fourth-order valence-corrected chi connectivity index (χ4v) is 2.02. The molecule has 0 amide bonds. The first-order valence-corrected chi connectivity index (χ1v) is 6.52. The van der Waals surface area contributed by atoms with E-state index in [9.17, 15) is 9.90 Å². The quantitative estimate of drug-likeness (QED) is 0.829. The number of aryl methyl sites for hydroxylation is 3. The lowest BCUT2D eigenvalue weighted by atomic mass is 10.1. The van der Waals surface area contributed by atoms with Crippen LogP contribution in [0.5, 0.6) is 5.75 Å². The molecule has 1 aromatic rings. The van der Waals surface area contributed by atoms with Gasteiger partial charge in [-0.05, 0) is 31.9 Å². The molecule has 0 heterocycles. The molecule has 1 rings (SSSR count). The molecule has 4 heteroatoms. The summed E-state index contributed by atoms with van der Waals surface area (Å²) in [5.41, 5.74) is 3.08. The zero-order valence-corrected chi connectivity index (χ0v) is 12.3. The van der Waals surface area contributed by atoms with Crippen LogP contribution < -0.4 is 10.1 Å². The predicted octanol–water partition coefficient (Wildman–Crippen LogP) is 2.44. The molecule has 2 N–H and O–H groups in total. The number of carboxylic acids is 1. The van der Waals surface area contributed by atoms with Gasteiger partial charge in [-0.25, -0.2) is 4.79 Å². The van der Waals surface area contributed by atoms with Crippen molar-refractivity contribution in [1.82, 2.24) is 5.32 Å². The third kappa shape index (κ3) is 4.56. The number of carboxylic acid groups (broad SMARTS) is 1. The van der Waals surface area contributed by atoms with Crippen molar-refractivity contribution in [3.05, 3.63) is 28.8 Å². The number of hydrogen-bond acceptors (Lipinski definition) is 3. The smallest absolute Gasteiger partial charge is 0.346 e. The largest absolute Gasteiger partial charge is 0.478 e. The fraction of sp³-hybridized carbons (Fsp3) is 0.533. The maximum absolute atomic E-state index is 11.2. The van der Waals surface area contributed by atoms with Crippen LogP contribution in [0.2, 0.25) is 0 Å². The van der Waals surface area contributed by atoms with Crippen molar-refractivity contribution in [2.24, 2.45) is 0 Å². The van der Waals surface area contributed by atoms with Crippen LogP contribution in [0.25, 0.3) is 0 Å². The molecule has 1 atom stereocenters. The highest BCUT2D eigenvalue weighted by atomic mass is 16.5. The van der Waals surface area contributed by atoms with E-state index < -0.39 is 12.1 Å². The number of hydrogen-bond donors (Lipinski definition) is 2. The Morgan fingerprint density at radius 3 is 2.21 bits per heavy atom. The Hall–Kier alpha value is -1.55. The standard InChI is InChI=1S/C15H23NO3/c1-9(2)16-8-13(15(17)18)19-14-11(4)6-10(3)7-12(14)5/h6-7,9,13,16H,8H2,1-5H3,(H,17,18). The molecule has 0 aromatic heterocycles. The van der Waals surface area contributed by atoms with E-state index in [4.69, 9.17) is 4.74 Å². The van der Waals surface area contributed by atoms with E-state index in [2.05, 4.69) is 5.32 Å². The maximum atomic E-state index is 11.2. The molecule has 0 aliphatic rings. The van der Waals surface area contributed by atoms with Crippen molar-refractivity contribution in [2.75, 3.05) is 6.54 Å². The summed E-state index contributed by atoms with van der Waals surface area (Å²) in [5, 5.41) is 12.3. The van der Waals surface area contributed by atoms with Crippen LogP contribution in [0.3, 0.4) is 0 Å². The van der Waals surface area contributed by atoms with Gasteiger partial charge in [0.25, 0.3) is 0 Å². The van der Waals surface area contributed by atoms with Crippen molar-refractivity contribution in [3.63, 3.8) is 0 Å². The SMILES string of the molecule is Cc1cc(C)c(OC(CNC(C)C)C(=O)O)c(C)c1. The van der Waals surface area contributed by atoms with E-state index in [1.165, 1.54) is 0 Å². The Morgan fingerprint density at radius 2 is 1.79 bits per heavy atom. The van der Waals surface area contributed by atoms with Crippen molar-refractivity contribution in [2.45, 2.75) is 46.8 Å². The molecule has 106 valence electrons. The second-order valence-corrected chi connectivity index (χ2v) is 5.24. The van der Waals surface area contributed by atoms with Crippen molar-refractivity contribution < 1.29 is 14.6 Å². The van der Waals surface area contributed by atoms with E-state index in [1.54, 1.807) is 0 Å². The summed E-state index contributed by atoms with van der Waals surface area (Å²) in [7, 11) is 0. The molecule has 19 heavy (non-hydrogen) atoms. The van der Waals surface area contributed by atoms with E-state index in [1.807, 2.05) is 46.8 Å². The zero-order chi connectivity index (χ0) is 14.6. The van der Waals surface area contributed by atoms with Crippen LogP contribution in [-0.2, 0) is 4.79 Å². The van der Waals surface area contributed by atoms with Gasteiger partial charge in [-0.2, -0.15) is 0 Å². The lowest BCUT2D eigenvalue weighted by Crippen LogP contribution is -2.40. The van der Waals surface area contributed by atoms with Crippen LogP contribution in [-0.4, -0.2) is 29.8 Å². The molecule has 0 spiro atoms. The lowest BCUT2D eigenvalue weighted by Gasteiger charge is -2.20. The summed E-state index contributed by atoms with van der Waals surface area (Å²) in [6.45, 7) is 10.1. The Kier molecular flexibility index (Phi) is 5.36. The highest BCUT2D eigenvalue weighted by Crippen LogP contribution is 2.25. The minimum atomic E-state index is -0.951. The van der Waals surface area contributed by atoms with Gasteiger partial charge in [0.05, 0.1) is 0 Å². The average Bonchev–Trinajstić information content (AvgIpc) is 2.25. The number of nitrogens with one attached hydrogen (secondary N) is 1. The minimum absolute atomic E-state index is 0.227. The minimum Gasteiger partial charge on any atom is -0.478 e. The Morgan fingerprint density at radius 1 is 1.26 bits per heavy atom. The second-order valence-electron chi connectivity index (χ2n) is 5.24. The van der Waals surface area contributed by atoms with Crippen molar-refractivity contribution in [3.8, 4) is 5.75 Å². The van der Waals surface area contributed by atoms with Gasteiger partial charge in [-0.15, -0.1) is 0 Å². The summed E-state index contributed by atoms with van der Waals surface area (Å²) in [6.07, 6.45) is -0.873. The molecule has 4 nitrogen and oxygen atoms in total. The summed E-state index contributed by atoms with van der Waals surface area (Å²) >= 11 is 0. The van der Waals surface area contributed by atoms with Crippen LogP contribution in [0.4, 0.5) is 0 Å². The molecule has 0 aliphatic carbocycles. The van der Waals surface area contributed by atoms with Gasteiger partial charge in [0.2, 0.25) is 6.10 Å². The Bertz CT molecular complexity index is 432. The van der Waals surface area contributed by atoms with Gasteiger partial charge in [0.1, 0.15) is 5.75 Å². The van der Waals surface area contributed by atoms with Gasteiger partial charge >= 0.3 is 5.97 Å². The molecule has 0 radical (unpaired) electrons. The van der Waals surface area contributed by atoms with E-state index >= 15 is 0 Å². The average molecular weight is 265 g/mol. The molecule has 0 aliphatic heterocycles. The first kappa shape index (κ1) is 15.5. The summed E-state index contributed by atoms with van der Waals surface area (Å²) in [5.74, 6) is -0.281. The zero-order valence-electron chi connectivity index (χ0n) is 12.3. The molecular formula is C15H23NO3. The van der Waals surface area contributed by atoms with Gasteiger partial charge in [-0.1, -0.05) is 31.5 Å². The normalized spacial score (nSPS) is 12.5. The van der Waals surface area contributed by atoms with Gasteiger partial charge in [0, 0.05) is 12.6 Å². The molecular weight excluding hydrogens is 242 g/mol. The second kappa shape index (κ2) is 6.57. The number of benzene rings is 1. The van der Waals surface area contributed by atoms with Crippen LogP contribution in [0.1, 0.15) is 30.5 Å². The summed E-state index contributed by atoms with van der Waals surface area (Å²) < 4.78 is 5.68. The molecule has 0 bridgehead atoms. The van der Waals surface area contributed by atoms with Gasteiger partial charge < -0.3 is 15.2 Å². The number of carbonyl (C=O) groups is 1. The maximum Gasteiger partial charge on any atom is 0.346 e. The van der Waals surface area contributed by atoms with Gasteiger partial charge in [0.15, 0.2) is 0 Å². The third-order valence-electron chi connectivity index (χ3n) is 2.85. The number of rotatable bonds is 6. The fourth-order valence-electron chi connectivity index (χ4n) is 2.02. The first-order valence-electron chi connectivity index (χ1n) is 6.52. The van der Waals surface area contributed by atoms with Crippen LogP contribution in [0.15, 0.2) is 12.1 Å². The van der Waals surface area contributed by atoms with E-state index in [0.29, 0.717) is 12.3 Å². The Labute approximate surface area is 114 Å². The van der Waals surface area contributed by atoms with Crippen LogP contribution >= 0.6 is 0 Å². The third-order valence-corrected chi connectivity index (χ3v) is 2.85. The highest BCUT2D eigenvalue weighted by Gasteiger charge is 2.21. The van der Waals surface area contributed by atoms with Crippen LogP contribution in [0, 0.1) is 20.8 Å². The monoisotopic (exact) mass is 265 g/mol. The first-order chi connectivity index (χ1) is 8.81. The molecule has 1 unspecified atom stereocenters. The van der Waals surface area contributed by atoms with Crippen molar-refractivity contribution in [1.29, 1.82) is 0 Å². The van der Waals surface area contributed by atoms with E-state index in [-0.39, 0.29) is 6.04 Å². The topological polar surface area (TPSA) is 58.6 Å². The molecule has 1 aromatic carbocycles.